The minimum atomic E-state index is -0.914. The molecule has 10 heteroatoms. The van der Waals surface area contributed by atoms with Crippen molar-refractivity contribution < 1.29 is 14.6 Å². The van der Waals surface area contributed by atoms with Gasteiger partial charge in [0.2, 0.25) is 5.95 Å². The number of amides is 1. The third kappa shape index (κ3) is 3.94. The second-order valence-electron chi connectivity index (χ2n) is 11.3. The van der Waals surface area contributed by atoms with Crippen molar-refractivity contribution in [3.05, 3.63) is 71.4 Å². The predicted octanol–water partition coefficient (Wildman–Crippen LogP) is 3.99. The average Bonchev–Trinajstić information content (AvgIpc) is 3.20. The number of likely N-dealkylation sites (N-methyl/N-ethyl adjacent to an activating group) is 1. The van der Waals surface area contributed by atoms with Gasteiger partial charge in [-0.1, -0.05) is 18.2 Å². The smallest absolute Gasteiger partial charge is 0.265 e. The van der Waals surface area contributed by atoms with E-state index in [0.29, 0.717) is 42.6 Å². The molecule has 3 aromatic rings. The summed E-state index contributed by atoms with van der Waals surface area (Å²) in [5.41, 5.74) is 5.68. The molecule has 2 aromatic carbocycles. The highest BCUT2D eigenvalue weighted by atomic mass is 16.5. The van der Waals surface area contributed by atoms with Crippen molar-refractivity contribution in [1.82, 2.24) is 19.9 Å². The molecule has 0 fully saturated rings. The number of anilines is 5. The van der Waals surface area contributed by atoms with E-state index < -0.39 is 6.23 Å². The van der Waals surface area contributed by atoms with Crippen LogP contribution in [-0.2, 0) is 16.8 Å². The van der Waals surface area contributed by atoms with Gasteiger partial charge in [-0.25, -0.2) is 4.98 Å². The van der Waals surface area contributed by atoms with Crippen LogP contribution in [-0.4, -0.2) is 64.2 Å². The highest BCUT2D eigenvalue weighted by Crippen LogP contribution is 2.45. The lowest BCUT2D eigenvalue weighted by atomic mass is 9.83. The van der Waals surface area contributed by atoms with E-state index in [1.165, 1.54) is 11.1 Å². The van der Waals surface area contributed by atoms with E-state index in [1.807, 2.05) is 40.4 Å². The molecule has 0 saturated heterocycles. The van der Waals surface area contributed by atoms with Crippen molar-refractivity contribution >= 4 is 34.7 Å². The monoisotopic (exact) mass is 539 g/mol. The summed E-state index contributed by atoms with van der Waals surface area (Å²) in [6.45, 7) is 6.59. The zero-order valence-corrected chi connectivity index (χ0v) is 23.0. The van der Waals surface area contributed by atoms with Crippen LogP contribution in [0.4, 0.5) is 28.8 Å². The SMILES string of the molecule is CN1CCc2cc(Nc3ncc4c(n3)N3c5ccc6c(c5)N(CC/C=C/CN3C4O)C(=O)CO6)ccc2C1(C)C. The minimum absolute atomic E-state index is 0.0215. The molecule has 1 atom stereocenters. The Morgan fingerprint density at radius 2 is 2.00 bits per heavy atom. The topological polar surface area (TPSA) is 97.3 Å². The Morgan fingerprint density at radius 1 is 1.12 bits per heavy atom. The number of hydrazine groups is 1. The van der Waals surface area contributed by atoms with Crippen molar-refractivity contribution in [2.75, 3.05) is 48.5 Å². The number of nitrogens with zero attached hydrogens (tertiary/aromatic N) is 6. The Balaban J connectivity index is 1.26. The number of fused-ring (bicyclic) bond motifs is 6. The molecule has 206 valence electrons. The van der Waals surface area contributed by atoms with E-state index in [2.05, 4.69) is 54.3 Å². The van der Waals surface area contributed by atoms with Crippen molar-refractivity contribution in [1.29, 1.82) is 0 Å². The number of aliphatic hydroxyl groups is 1. The van der Waals surface area contributed by atoms with Crippen molar-refractivity contribution in [2.24, 2.45) is 0 Å². The van der Waals surface area contributed by atoms with Gasteiger partial charge in [-0.3, -0.25) is 14.7 Å². The molecule has 1 amide bonds. The van der Waals surface area contributed by atoms with E-state index in [1.54, 1.807) is 11.1 Å². The maximum absolute atomic E-state index is 12.7. The van der Waals surface area contributed by atoms with E-state index in [0.717, 1.165) is 30.0 Å². The van der Waals surface area contributed by atoms with Crippen LogP contribution in [0.2, 0.25) is 0 Å². The molecule has 2 bridgehead atoms. The number of nitrogens with one attached hydrogen (secondary N) is 1. The predicted molar refractivity (Wildman–Crippen MR) is 153 cm³/mol. The summed E-state index contributed by atoms with van der Waals surface area (Å²) in [6.07, 6.45) is 6.51. The number of hydrogen-bond acceptors (Lipinski definition) is 9. The lowest BCUT2D eigenvalue weighted by Gasteiger charge is -2.41. The maximum atomic E-state index is 12.7. The van der Waals surface area contributed by atoms with Gasteiger partial charge in [0.15, 0.2) is 18.7 Å². The van der Waals surface area contributed by atoms with E-state index in [-0.39, 0.29) is 18.1 Å². The highest BCUT2D eigenvalue weighted by Gasteiger charge is 2.39. The second kappa shape index (κ2) is 9.29. The number of carbonyl (C=O) groups excluding carboxylic acids is 1. The largest absolute Gasteiger partial charge is 0.482 e. The van der Waals surface area contributed by atoms with Crippen LogP contribution < -0.4 is 20.0 Å². The van der Waals surface area contributed by atoms with Crippen LogP contribution in [0.25, 0.3) is 0 Å². The number of hydrogen-bond donors (Lipinski definition) is 2. The molecule has 7 rings (SSSR count). The lowest BCUT2D eigenvalue weighted by molar-refractivity contribution is -0.121. The van der Waals surface area contributed by atoms with Gasteiger partial charge in [-0.05, 0) is 75.2 Å². The molecule has 0 saturated carbocycles. The molecule has 1 unspecified atom stereocenters. The zero-order chi connectivity index (χ0) is 27.6. The van der Waals surface area contributed by atoms with Gasteiger partial charge in [0.05, 0.1) is 16.9 Å². The fraction of sp³-hybridized carbons (Fsp3) is 0.367. The van der Waals surface area contributed by atoms with Crippen LogP contribution in [0.3, 0.4) is 0 Å². The third-order valence-electron chi connectivity index (χ3n) is 8.61. The van der Waals surface area contributed by atoms with E-state index in [4.69, 9.17) is 9.72 Å². The summed E-state index contributed by atoms with van der Waals surface area (Å²) < 4.78 is 5.71. The standard InChI is InChI=1S/C30H33N7O3/c1-30(2)23-9-7-20(15-19(23)11-14-34(30)3)32-29-31-17-22-27(33-29)37-21-8-10-25-24(16-21)35(26(38)18-40-25)12-5-4-6-13-36(37)28(22)39/h4,6-10,15-17,28,39H,5,11-14,18H2,1-3H3,(H,31,32,33)/b6-4+. The van der Waals surface area contributed by atoms with E-state index in [9.17, 15) is 9.90 Å². The first-order valence-corrected chi connectivity index (χ1v) is 13.8. The quantitative estimate of drug-likeness (QED) is 0.469. The molecule has 4 aliphatic heterocycles. The van der Waals surface area contributed by atoms with Crippen molar-refractivity contribution in [3.63, 3.8) is 0 Å². The van der Waals surface area contributed by atoms with Crippen LogP contribution in [0.5, 0.6) is 5.75 Å². The van der Waals surface area contributed by atoms with Crippen molar-refractivity contribution in [2.45, 2.75) is 38.5 Å². The Morgan fingerprint density at radius 3 is 2.88 bits per heavy atom. The Hall–Kier alpha value is -3.99. The van der Waals surface area contributed by atoms with Crippen LogP contribution in [0.15, 0.2) is 54.7 Å². The molecular formula is C30H33N7O3. The maximum Gasteiger partial charge on any atom is 0.265 e. The van der Waals surface area contributed by atoms with Gasteiger partial charge in [-0.2, -0.15) is 9.99 Å². The van der Waals surface area contributed by atoms with Crippen LogP contribution in [0, 0.1) is 0 Å². The number of carbonyl (C=O) groups is 1. The van der Waals surface area contributed by atoms with Gasteiger partial charge in [0, 0.05) is 37.1 Å². The normalized spacial score (nSPS) is 22.5. The molecule has 40 heavy (non-hydrogen) atoms. The fourth-order valence-corrected chi connectivity index (χ4v) is 6.09. The summed E-state index contributed by atoms with van der Waals surface area (Å²) in [5, 5.41) is 18.4. The van der Waals surface area contributed by atoms with Gasteiger partial charge in [0.25, 0.3) is 5.91 Å². The summed E-state index contributed by atoms with van der Waals surface area (Å²) in [6, 6.07) is 12.2. The molecule has 4 aliphatic rings. The number of benzene rings is 2. The molecule has 5 heterocycles. The molecule has 2 N–H and O–H groups in total. The molecule has 10 nitrogen and oxygen atoms in total. The average molecular weight is 540 g/mol. The molecule has 0 radical (unpaired) electrons. The van der Waals surface area contributed by atoms with E-state index >= 15 is 0 Å². The zero-order valence-electron chi connectivity index (χ0n) is 23.0. The molecule has 0 aliphatic carbocycles. The highest BCUT2D eigenvalue weighted by molar-refractivity contribution is 5.98. The van der Waals surface area contributed by atoms with Gasteiger partial charge >= 0.3 is 0 Å². The first kappa shape index (κ1) is 25.0. The van der Waals surface area contributed by atoms with Crippen LogP contribution >= 0.6 is 0 Å². The Labute approximate surface area is 233 Å². The lowest BCUT2D eigenvalue weighted by Crippen LogP contribution is -2.43. The number of rotatable bonds is 2. The molecular weight excluding hydrogens is 506 g/mol. The minimum Gasteiger partial charge on any atom is -0.482 e. The summed E-state index contributed by atoms with van der Waals surface area (Å²) >= 11 is 0. The number of ether oxygens (including phenoxy) is 1. The first-order valence-electron chi connectivity index (χ1n) is 13.8. The Kier molecular flexibility index (Phi) is 5.81. The van der Waals surface area contributed by atoms with Gasteiger partial charge < -0.3 is 20.1 Å². The Bertz CT molecular complexity index is 1540. The summed E-state index contributed by atoms with van der Waals surface area (Å²) in [7, 11) is 2.17. The van der Waals surface area contributed by atoms with Crippen LogP contribution in [0.1, 0.15) is 43.2 Å². The third-order valence-corrected chi connectivity index (χ3v) is 8.61. The fourth-order valence-electron chi connectivity index (χ4n) is 6.09. The number of aromatic nitrogens is 2. The molecule has 0 spiro atoms. The van der Waals surface area contributed by atoms with Gasteiger partial charge in [0.1, 0.15) is 5.75 Å². The first-order chi connectivity index (χ1) is 19.3. The molecule has 1 aromatic heterocycles. The van der Waals surface area contributed by atoms with Crippen molar-refractivity contribution in [3.8, 4) is 5.75 Å². The summed E-state index contributed by atoms with van der Waals surface area (Å²) in [5.74, 6) is 1.64. The van der Waals surface area contributed by atoms with Gasteiger partial charge in [-0.15, -0.1) is 0 Å². The second-order valence-corrected chi connectivity index (χ2v) is 11.3. The summed E-state index contributed by atoms with van der Waals surface area (Å²) in [4.78, 5) is 26.3. The number of aliphatic hydroxyl groups excluding tert-OH is 1.